The molecule has 5 nitrogen and oxygen atoms in total. The van der Waals surface area contributed by atoms with Crippen LogP contribution in [-0.4, -0.2) is 29.7 Å². The van der Waals surface area contributed by atoms with Gasteiger partial charge in [-0.05, 0) is 12.8 Å². The maximum atomic E-state index is 12.0. The van der Waals surface area contributed by atoms with Crippen molar-refractivity contribution in [3.8, 4) is 0 Å². The summed E-state index contributed by atoms with van der Waals surface area (Å²) in [7, 11) is 1.53. The average Bonchev–Trinajstić information content (AvgIpc) is 2.24. The molecule has 0 radical (unpaired) electrons. The maximum Gasteiger partial charge on any atom is 0.329 e. The third-order valence-electron chi connectivity index (χ3n) is 3.10. The summed E-state index contributed by atoms with van der Waals surface area (Å²) in [5.41, 5.74) is -0.813. The number of amides is 3. The Kier molecular flexibility index (Phi) is 3.67. The number of imide groups is 1. The van der Waals surface area contributed by atoms with Crippen LogP contribution in [0.15, 0.2) is 0 Å². The highest BCUT2D eigenvalue weighted by molar-refractivity contribution is 6.19. The molecular formula is C11H19N3O2. The van der Waals surface area contributed by atoms with Gasteiger partial charge in [0, 0.05) is 7.05 Å². The topological polar surface area (TPSA) is 73.3 Å². The fourth-order valence-corrected chi connectivity index (χ4v) is 2.27. The summed E-state index contributed by atoms with van der Waals surface area (Å²) >= 11 is 0. The molecule has 0 atom stereocenters. The van der Waals surface area contributed by atoms with Crippen LogP contribution >= 0.6 is 0 Å². The quantitative estimate of drug-likeness (QED) is 0.764. The molecule has 3 amide bonds. The Morgan fingerprint density at radius 1 is 1.25 bits per heavy atom. The first-order chi connectivity index (χ1) is 7.49. The van der Waals surface area contributed by atoms with E-state index in [1.807, 2.05) is 13.8 Å². The van der Waals surface area contributed by atoms with Gasteiger partial charge in [0.2, 0.25) is 5.91 Å². The van der Waals surface area contributed by atoms with E-state index in [0.717, 1.165) is 12.8 Å². The largest absolute Gasteiger partial charge is 0.329 e. The van der Waals surface area contributed by atoms with Gasteiger partial charge in [-0.25, -0.2) is 4.79 Å². The first-order valence-corrected chi connectivity index (χ1v) is 5.67. The van der Waals surface area contributed by atoms with Crippen LogP contribution in [0.25, 0.3) is 0 Å². The number of hydrogen-bond donors (Lipinski definition) is 2. The second-order valence-electron chi connectivity index (χ2n) is 4.25. The average molecular weight is 225 g/mol. The third-order valence-corrected chi connectivity index (χ3v) is 3.10. The summed E-state index contributed by atoms with van der Waals surface area (Å²) in [6.45, 7) is 3.96. The highest BCUT2D eigenvalue weighted by atomic mass is 16.2. The van der Waals surface area contributed by atoms with E-state index in [2.05, 4.69) is 5.32 Å². The van der Waals surface area contributed by atoms with E-state index in [-0.39, 0.29) is 11.7 Å². The Balaban J connectivity index is 3.08. The molecule has 0 bridgehead atoms. The zero-order valence-electron chi connectivity index (χ0n) is 10.1. The van der Waals surface area contributed by atoms with E-state index in [1.54, 1.807) is 0 Å². The zero-order chi connectivity index (χ0) is 12.3. The third kappa shape index (κ3) is 1.81. The molecule has 2 N–H and O–H groups in total. The van der Waals surface area contributed by atoms with E-state index in [9.17, 15) is 9.59 Å². The normalized spacial score (nSPS) is 19.9. The molecule has 1 aliphatic heterocycles. The van der Waals surface area contributed by atoms with Gasteiger partial charge in [-0.15, -0.1) is 0 Å². The van der Waals surface area contributed by atoms with Crippen LogP contribution < -0.4 is 5.32 Å². The number of urea groups is 1. The predicted octanol–water partition coefficient (Wildman–Crippen LogP) is 1.73. The molecule has 5 heteroatoms. The number of rotatable bonds is 4. The van der Waals surface area contributed by atoms with Crippen molar-refractivity contribution in [1.29, 1.82) is 5.41 Å². The van der Waals surface area contributed by atoms with Crippen molar-refractivity contribution < 1.29 is 9.59 Å². The molecule has 1 aliphatic rings. The highest BCUT2D eigenvalue weighted by Crippen LogP contribution is 2.34. The van der Waals surface area contributed by atoms with Crippen LogP contribution in [0.1, 0.15) is 39.5 Å². The van der Waals surface area contributed by atoms with Crippen molar-refractivity contribution in [2.24, 2.45) is 5.41 Å². The molecule has 0 aromatic rings. The van der Waals surface area contributed by atoms with E-state index in [4.69, 9.17) is 5.41 Å². The van der Waals surface area contributed by atoms with Crippen LogP contribution in [-0.2, 0) is 4.79 Å². The summed E-state index contributed by atoms with van der Waals surface area (Å²) < 4.78 is 0. The molecule has 0 spiro atoms. The van der Waals surface area contributed by atoms with E-state index < -0.39 is 11.4 Å². The van der Waals surface area contributed by atoms with E-state index in [1.165, 1.54) is 11.9 Å². The van der Waals surface area contributed by atoms with Gasteiger partial charge in [0.05, 0.1) is 0 Å². The van der Waals surface area contributed by atoms with Gasteiger partial charge in [0.1, 0.15) is 11.3 Å². The molecule has 0 saturated carbocycles. The number of amidine groups is 1. The Bertz CT molecular complexity index is 319. The standard InChI is InChI=1S/C11H19N3O2/c1-4-6-11(7-5-2)8(12)14(3)10(16)13-9(11)15/h12H,4-7H2,1-3H3,(H,13,15,16). The van der Waals surface area contributed by atoms with Crippen molar-refractivity contribution >= 4 is 17.8 Å². The maximum absolute atomic E-state index is 12.0. The molecule has 1 heterocycles. The minimum absolute atomic E-state index is 0.130. The zero-order valence-corrected chi connectivity index (χ0v) is 10.1. The summed E-state index contributed by atoms with van der Waals surface area (Å²) in [5, 5.41) is 10.3. The minimum atomic E-state index is -0.813. The van der Waals surface area contributed by atoms with E-state index in [0.29, 0.717) is 12.8 Å². The predicted molar refractivity (Wildman–Crippen MR) is 61.3 cm³/mol. The van der Waals surface area contributed by atoms with Crippen LogP contribution in [0.2, 0.25) is 0 Å². The Morgan fingerprint density at radius 2 is 1.75 bits per heavy atom. The van der Waals surface area contributed by atoms with Crippen molar-refractivity contribution in [2.45, 2.75) is 39.5 Å². The van der Waals surface area contributed by atoms with Gasteiger partial charge >= 0.3 is 6.03 Å². The van der Waals surface area contributed by atoms with Crippen molar-refractivity contribution in [3.05, 3.63) is 0 Å². The Hall–Kier alpha value is -1.39. The number of nitrogens with zero attached hydrogens (tertiary/aromatic N) is 1. The van der Waals surface area contributed by atoms with Gasteiger partial charge in [-0.3, -0.25) is 20.4 Å². The summed E-state index contributed by atoms with van der Waals surface area (Å²) in [4.78, 5) is 24.6. The molecule has 16 heavy (non-hydrogen) atoms. The van der Waals surface area contributed by atoms with Gasteiger partial charge in [0.25, 0.3) is 0 Å². The molecule has 1 fully saturated rings. The first-order valence-electron chi connectivity index (χ1n) is 5.67. The summed E-state index contributed by atoms with van der Waals surface area (Å²) in [6, 6.07) is -0.502. The second-order valence-corrected chi connectivity index (χ2v) is 4.25. The van der Waals surface area contributed by atoms with Crippen molar-refractivity contribution in [2.75, 3.05) is 7.05 Å². The molecule has 90 valence electrons. The Morgan fingerprint density at radius 3 is 2.19 bits per heavy atom. The molecular weight excluding hydrogens is 206 g/mol. The van der Waals surface area contributed by atoms with Crippen LogP contribution in [0.4, 0.5) is 4.79 Å². The molecule has 0 aromatic heterocycles. The Labute approximate surface area is 95.7 Å². The molecule has 1 saturated heterocycles. The number of nitrogens with one attached hydrogen (secondary N) is 2. The van der Waals surface area contributed by atoms with E-state index >= 15 is 0 Å². The monoisotopic (exact) mass is 225 g/mol. The molecule has 0 aliphatic carbocycles. The summed E-state index contributed by atoms with van der Waals surface area (Å²) in [6.07, 6.45) is 2.86. The fraction of sp³-hybridized carbons (Fsp3) is 0.727. The number of carbonyl (C=O) groups is 2. The lowest BCUT2D eigenvalue weighted by atomic mass is 9.75. The van der Waals surface area contributed by atoms with Crippen molar-refractivity contribution in [1.82, 2.24) is 10.2 Å². The van der Waals surface area contributed by atoms with Crippen LogP contribution in [0.3, 0.4) is 0 Å². The highest BCUT2D eigenvalue weighted by Gasteiger charge is 2.48. The van der Waals surface area contributed by atoms with Gasteiger partial charge in [0.15, 0.2) is 0 Å². The summed E-state index contributed by atoms with van der Waals surface area (Å²) in [5.74, 6) is -0.186. The van der Waals surface area contributed by atoms with Gasteiger partial charge in [-0.1, -0.05) is 26.7 Å². The van der Waals surface area contributed by atoms with Crippen molar-refractivity contribution in [3.63, 3.8) is 0 Å². The lowest BCUT2D eigenvalue weighted by Gasteiger charge is -2.40. The fourth-order valence-electron chi connectivity index (χ4n) is 2.27. The van der Waals surface area contributed by atoms with Crippen LogP contribution in [0, 0.1) is 10.8 Å². The number of carbonyl (C=O) groups excluding carboxylic acids is 2. The minimum Gasteiger partial charge on any atom is -0.287 e. The van der Waals surface area contributed by atoms with Crippen LogP contribution in [0.5, 0.6) is 0 Å². The first kappa shape index (κ1) is 12.7. The number of hydrogen-bond acceptors (Lipinski definition) is 3. The molecule has 0 aromatic carbocycles. The van der Waals surface area contributed by atoms with Gasteiger partial charge < -0.3 is 0 Å². The van der Waals surface area contributed by atoms with Gasteiger partial charge in [-0.2, -0.15) is 0 Å². The SMILES string of the molecule is CCCC1(CCC)C(=N)N(C)C(=O)NC1=O. The smallest absolute Gasteiger partial charge is 0.287 e. The second kappa shape index (κ2) is 4.63. The molecule has 0 unspecified atom stereocenters. The lowest BCUT2D eigenvalue weighted by molar-refractivity contribution is -0.128. The molecule has 1 rings (SSSR count). The lowest BCUT2D eigenvalue weighted by Crippen LogP contribution is -2.62.